The van der Waals surface area contributed by atoms with Crippen LogP contribution in [-0.4, -0.2) is 40.7 Å². The zero-order chi connectivity index (χ0) is 12.7. The van der Waals surface area contributed by atoms with Gasteiger partial charge in [-0.25, -0.2) is 9.97 Å². The average molecular weight is 246 g/mol. The van der Waals surface area contributed by atoms with Crippen LogP contribution in [0.1, 0.15) is 17.1 Å². The zero-order valence-corrected chi connectivity index (χ0v) is 11.1. The van der Waals surface area contributed by atoms with E-state index in [9.17, 15) is 0 Å². The molecule has 0 atom stereocenters. The van der Waals surface area contributed by atoms with Crippen molar-refractivity contribution in [3.05, 3.63) is 23.3 Å². The molecule has 1 fully saturated rings. The first kappa shape index (κ1) is 11.5. The Kier molecular flexibility index (Phi) is 2.70. The van der Waals surface area contributed by atoms with E-state index < -0.39 is 0 Å². The first-order valence-electron chi connectivity index (χ1n) is 6.32. The van der Waals surface area contributed by atoms with Crippen LogP contribution >= 0.6 is 0 Å². The minimum absolute atomic E-state index is 0.764. The van der Waals surface area contributed by atoms with Crippen LogP contribution in [0.3, 0.4) is 0 Å². The topological polar surface area (TPSA) is 42.7 Å². The van der Waals surface area contributed by atoms with Gasteiger partial charge in [-0.3, -0.25) is 4.40 Å². The van der Waals surface area contributed by atoms with Crippen molar-refractivity contribution in [2.24, 2.45) is 0 Å². The third-order valence-corrected chi connectivity index (χ3v) is 3.50. The summed E-state index contributed by atoms with van der Waals surface area (Å²) in [5, 5.41) is 0. The predicted octanol–water partition coefficient (Wildman–Crippen LogP) is 1.49. The van der Waals surface area contributed by atoms with Crippen LogP contribution < -0.4 is 4.90 Å². The van der Waals surface area contributed by atoms with Gasteiger partial charge in [-0.05, 0) is 20.8 Å². The number of aromatic nitrogens is 3. The SMILES string of the molecule is Cc1cn2c(C)c(C)nc2c(N2CCOCC2)n1. The number of rotatable bonds is 1. The van der Waals surface area contributed by atoms with Crippen molar-refractivity contribution in [2.75, 3.05) is 31.2 Å². The average Bonchev–Trinajstić information content (AvgIpc) is 2.66. The Hall–Kier alpha value is -1.62. The van der Waals surface area contributed by atoms with Gasteiger partial charge in [-0.15, -0.1) is 0 Å². The molecule has 0 bridgehead atoms. The summed E-state index contributed by atoms with van der Waals surface area (Å²) < 4.78 is 7.54. The molecule has 0 saturated carbocycles. The number of morpholine rings is 1. The van der Waals surface area contributed by atoms with Gasteiger partial charge in [0.25, 0.3) is 0 Å². The minimum Gasteiger partial charge on any atom is -0.378 e. The molecule has 96 valence electrons. The van der Waals surface area contributed by atoms with Crippen molar-refractivity contribution >= 4 is 11.5 Å². The molecule has 18 heavy (non-hydrogen) atoms. The van der Waals surface area contributed by atoms with E-state index in [-0.39, 0.29) is 0 Å². The lowest BCUT2D eigenvalue weighted by atomic mass is 10.3. The highest BCUT2D eigenvalue weighted by molar-refractivity contribution is 5.66. The van der Waals surface area contributed by atoms with Crippen LogP contribution in [0.15, 0.2) is 6.20 Å². The second kappa shape index (κ2) is 4.24. The fourth-order valence-corrected chi connectivity index (χ4v) is 2.36. The molecule has 1 saturated heterocycles. The van der Waals surface area contributed by atoms with Crippen LogP contribution in [0.5, 0.6) is 0 Å². The molecule has 0 radical (unpaired) electrons. The Labute approximate surface area is 106 Å². The van der Waals surface area contributed by atoms with Crippen LogP contribution in [0, 0.1) is 20.8 Å². The van der Waals surface area contributed by atoms with Crippen molar-refractivity contribution in [2.45, 2.75) is 20.8 Å². The number of ether oxygens (including phenoxy) is 1. The van der Waals surface area contributed by atoms with Crippen LogP contribution in [0.4, 0.5) is 5.82 Å². The summed E-state index contributed by atoms with van der Waals surface area (Å²) in [7, 11) is 0. The Bertz CT molecular complexity index is 584. The third kappa shape index (κ3) is 1.75. The highest BCUT2D eigenvalue weighted by Gasteiger charge is 2.18. The highest BCUT2D eigenvalue weighted by Crippen LogP contribution is 2.22. The van der Waals surface area contributed by atoms with E-state index in [4.69, 9.17) is 4.74 Å². The van der Waals surface area contributed by atoms with Gasteiger partial charge in [-0.2, -0.15) is 0 Å². The Morgan fingerprint density at radius 3 is 2.56 bits per heavy atom. The molecule has 0 N–H and O–H groups in total. The fraction of sp³-hybridized carbons (Fsp3) is 0.538. The maximum Gasteiger partial charge on any atom is 0.180 e. The van der Waals surface area contributed by atoms with Gasteiger partial charge < -0.3 is 9.64 Å². The predicted molar refractivity (Wildman–Crippen MR) is 70.2 cm³/mol. The number of imidazole rings is 1. The number of aryl methyl sites for hydroxylation is 3. The molecule has 0 spiro atoms. The van der Waals surface area contributed by atoms with E-state index in [1.807, 2.05) is 13.8 Å². The number of fused-ring (bicyclic) bond motifs is 1. The van der Waals surface area contributed by atoms with Gasteiger partial charge in [0.05, 0.1) is 24.6 Å². The number of hydrogen-bond acceptors (Lipinski definition) is 4. The monoisotopic (exact) mass is 246 g/mol. The summed E-state index contributed by atoms with van der Waals surface area (Å²) >= 11 is 0. The minimum atomic E-state index is 0.764. The summed E-state index contributed by atoms with van der Waals surface area (Å²) in [4.78, 5) is 11.6. The highest BCUT2D eigenvalue weighted by atomic mass is 16.5. The molecule has 0 amide bonds. The van der Waals surface area contributed by atoms with Gasteiger partial charge in [-0.1, -0.05) is 0 Å². The number of hydrogen-bond donors (Lipinski definition) is 0. The lowest BCUT2D eigenvalue weighted by Gasteiger charge is -2.28. The number of nitrogens with zero attached hydrogens (tertiary/aromatic N) is 4. The molecule has 5 nitrogen and oxygen atoms in total. The Morgan fingerprint density at radius 1 is 1.11 bits per heavy atom. The van der Waals surface area contributed by atoms with E-state index in [0.717, 1.165) is 49.2 Å². The van der Waals surface area contributed by atoms with Gasteiger partial charge >= 0.3 is 0 Å². The van der Waals surface area contributed by atoms with Crippen LogP contribution in [-0.2, 0) is 4.74 Å². The van der Waals surface area contributed by atoms with Gasteiger partial charge in [0, 0.05) is 25.0 Å². The molecule has 0 aliphatic carbocycles. The third-order valence-electron chi connectivity index (χ3n) is 3.50. The van der Waals surface area contributed by atoms with E-state index in [2.05, 4.69) is 32.4 Å². The van der Waals surface area contributed by atoms with E-state index in [0.29, 0.717) is 0 Å². The zero-order valence-electron chi connectivity index (χ0n) is 11.1. The lowest BCUT2D eigenvalue weighted by molar-refractivity contribution is 0.122. The molecular weight excluding hydrogens is 228 g/mol. The normalized spacial score (nSPS) is 16.5. The molecule has 2 aromatic heterocycles. The summed E-state index contributed by atoms with van der Waals surface area (Å²) in [5.41, 5.74) is 4.23. The molecule has 0 unspecified atom stereocenters. The fourth-order valence-electron chi connectivity index (χ4n) is 2.36. The summed E-state index contributed by atoms with van der Waals surface area (Å²) in [6.07, 6.45) is 2.05. The first-order valence-corrected chi connectivity index (χ1v) is 6.32. The largest absolute Gasteiger partial charge is 0.378 e. The lowest BCUT2D eigenvalue weighted by Crippen LogP contribution is -2.37. The maximum atomic E-state index is 5.40. The second-order valence-corrected chi connectivity index (χ2v) is 4.78. The molecule has 1 aliphatic rings. The number of anilines is 1. The van der Waals surface area contributed by atoms with Crippen LogP contribution in [0.25, 0.3) is 5.65 Å². The van der Waals surface area contributed by atoms with Crippen molar-refractivity contribution < 1.29 is 4.74 Å². The Morgan fingerprint density at radius 2 is 1.83 bits per heavy atom. The van der Waals surface area contributed by atoms with Crippen molar-refractivity contribution in [3.8, 4) is 0 Å². The molecule has 2 aromatic rings. The molecule has 1 aliphatic heterocycles. The van der Waals surface area contributed by atoms with E-state index in [1.54, 1.807) is 0 Å². The van der Waals surface area contributed by atoms with Gasteiger partial charge in [0.1, 0.15) is 0 Å². The van der Waals surface area contributed by atoms with E-state index >= 15 is 0 Å². The summed E-state index contributed by atoms with van der Waals surface area (Å²) in [6, 6.07) is 0. The smallest absolute Gasteiger partial charge is 0.180 e. The maximum absolute atomic E-state index is 5.40. The van der Waals surface area contributed by atoms with Crippen molar-refractivity contribution in [3.63, 3.8) is 0 Å². The van der Waals surface area contributed by atoms with Crippen molar-refractivity contribution in [1.82, 2.24) is 14.4 Å². The van der Waals surface area contributed by atoms with Gasteiger partial charge in [0.2, 0.25) is 0 Å². The Balaban J connectivity index is 2.17. The molecule has 5 heteroatoms. The quantitative estimate of drug-likeness (QED) is 0.764. The molecule has 0 aromatic carbocycles. The molecular formula is C13H18N4O. The second-order valence-electron chi connectivity index (χ2n) is 4.78. The molecule has 3 heterocycles. The van der Waals surface area contributed by atoms with Crippen LogP contribution in [0.2, 0.25) is 0 Å². The van der Waals surface area contributed by atoms with E-state index in [1.165, 1.54) is 5.69 Å². The summed E-state index contributed by atoms with van der Waals surface area (Å²) in [6.45, 7) is 9.46. The molecule has 3 rings (SSSR count). The van der Waals surface area contributed by atoms with Gasteiger partial charge in [0.15, 0.2) is 11.5 Å². The summed E-state index contributed by atoms with van der Waals surface area (Å²) in [5.74, 6) is 0.981. The first-order chi connectivity index (χ1) is 8.66. The van der Waals surface area contributed by atoms with Crippen molar-refractivity contribution in [1.29, 1.82) is 0 Å². The standard InChI is InChI=1S/C13H18N4O/c1-9-8-17-11(3)10(2)15-13(17)12(14-9)16-4-6-18-7-5-16/h8H,4-7H2,1-3H3.